The maximum Gasteiger partial charge on any atom is 0.325 e. The fourth-order valence-corrected chi connectivity index (χ4v) is 1.40. The second-order valence-electron chi connectivity index (χ2n) is 3.78. The molecule has 0 radical (unpaired) electrons. The molecule has 18 heavy (non-hydrogen) atoms. The van der Waals surface area contributed by atoms with Gasteiger partial charge in [-0.2, -0.15) is 0 Å². The van der Waals surface area contributed by atoms with Crippen LogP contribution < -0.4 is 10.1 Å². The number of carboxylic acid groups (broad SMARTS) is 1. The Bertz CT molecular complexity index is 461. The van der Waals surface area contributed by atoms with Gasteiger partial charge < -0.3 is 15.2 Å². The Morgan fingerprint density at radius 3 is 2.78 bits per heavy atom. The maximum absolute atomic E-state index is 11.4. The Hall–Kier alpha value is -1.75. The van der Waals surface area contributed by atoms with Crippen LogP contribution in [0.4, 0.5) is 0 Å². The second-order valence-corrected chi connectivity index (χ2v) is 4.19. The smallest absolute Gasteiger partial charge is 0.325 e. The number of hydrogen-bond donors (Lipinski definition) is 2. The first kappa shape index (κ1) is 14.3. The van der Waals surface area contributed by atoms with Crippen molar-refractivity contribution in [2.45, 2.75) is 19.9 Å². The van der Waals surface area contributed by atoms with Crippen LogP contribution >= 0.6 is 11.6 Å². The van der Waals surface area contributed by atoms with Crippen LogP contribution in [0.3, 0.4) is 0 Å². The molecule has 1 atom stereocenters. The van der Waals surface area contributed by atoms with Crippen molar-refractivity contribution < 1.29 is 19.4 Å². The van der Waals surface area contributed by atoms with Gasteiger partial charge in [-0.25, -0.2) is 0 Å². The van der Waals surface area contributed by atoms with E-state index >= 15 is 0 Å². The molecule has 0 bridgehead atoms. The second kappa shape index (κ2) is 6.26. The molecule has 98 valence electrons. The summed E-state index contributed by atoms with van der Waals surface area (Å²) >= 11 is 5.90. The molecule has 1 rings (SSSR count). The van der Waals surface area contributed by atoms with E-state index in [0.29, 0.717) is 10.8 Å². The van der Waals surface area contributed by atoms with Gasteiger partial charge >= 0.3 is 5.97 Å². The molecule has 0 unspecified atom stereocenters. The molecule has 0 heterocycles. The highest BCUT2D eigenvalue weighted by Crippen LogP contribution is 2.24. The average Bonchev–Trinajstić information content (AvgIpc) is 2.31. The molecular weight excluding hydrogens is 258 g/mol. The molecule has 1 aromatic carbocycles. The molecule has 0 fully saturated rings. The highest BCUT2D eigenvalue weighted by atomic mass is 35.5. The van der Waals surface area contributed by atoms with Crippen LogP contribution in [0.5, 0.6) is 5.75 Å². The molecule has 2 N–H and O–H groups in total. The van der Waals surface area contributed by atoms with Crippen LogP contribution in [0.1, 0.15) is 12.5 Å². The topological polar surface area (TPSA) is 75.6 Å². The molecule has 0 aliphatic heterocycles. The number of rotatable bonds is 5. The number of halogens is 1. The third-order valence-electron chi connectivity index (χ3n) is 2.32. The van der Waals surface area contributed by atoms with Gasteiger partial charge in [0.1, 0.15) is 11.8 Å². The Balaban J connectivity index is 2.53. The normalized spacial score (nSPS) is 11.7. The lowest BCUT2D eigenvalue weighted by atomic mass is 10.2. The summed E-state index contributed by atoms with van der Waals surface area (Å²) in [5, 5.41) is 11.5. The number of carbonyl (C=O) groups excluding carboxylic acids is 1. The zero-order chi connectivity index (χ0) is 13.7. The summed E-state index contributed by atoms with van der Waals surface area (Å²) in [6, 6.07) is 4.18. The fourth-order valence-electron chi connectivity index (χ4n) is 1.23. The largest absolute Gasteiger partial charge is 0.483 e. The van der Waals surface area contributed by atoms with E-state index in [9.17, 15) is 9.59 Å². The van der Waals surface area contributed by atoms with Gasteiger partial charge in [0, 0.05) is 10.6 Å². The van der Waals surface area contributed by atoms with Crippen molar-refractivity contribution in [3.8, 4) is 5.75 Å². The quantitative estimate of drug-likeness (QED) is 0.853. The van der Waals surface area contributed by atoms with Crippen molar-refractivity contribution in [1.29, 1.82) is 0 Å². The van der Waals surface area contributed by atoms with Crippen molar-refractivity contribution in [1.82, 2.24) is 5.32 Å². The first-order chi connectivity index (χ1) is 8.41. The Labute approximate surface area is 110 Å². The summed E-state index contributed by atoms with van der Waals surface area (Å²) in [5.41, 5.74) is 0.734. The number of benzene rings is 1. The molecule has 0 aromatic heterocycles. The van der Waals surface area contributed by atoms with E-state index in [4.69, 9.17) is 21.4 Å². The minimum atomic E-state index is -1.10. The van der Waals surface area contributed by atoms with Gasteiger partial charge in [0.25, 0.3) is 5.91 Å². The van der Waals surface area contributed by atoms with Crippen LogP contribution in [0.25, 0.3) is 0 Å². The van der Waals surface area contributed by atoms with Crippen molar-refractivity contribution in [2.24, 2.45) is 0 Å². The lowest BCUT2D eigenvalue weighted by Gasteiger charge is -2.12. The highest BCUT2D eigenvalue weighted by Gasteiger charge is 2.14. The van der Waals surface area contributed by atoms with E-state index in [1.165, 1.54) is 6.92 Å². The van der Waals surface area contributed by atoms with E-state index in [0.717, 1.165) is 5.56 Å². The van der Waals surface area contributed by atoms with E-state index in [-0.39, 0.29) is 6.61 Å². The molecule has 0 aliphatic carbocycles. The first-order valence-corrected chi connectivity index (χ1v) is 5.69. The summed E-state index contributed by atoms with van der Waals surface area (Å²) in [5.74, 6) is -1.09. The summed E-state index contributed by atoms with van der Waals surface area (Å²) in [4.78, 5) is 21.9. The summed E-state index contributed by atoms with van der Waals surface area (Å²) in [7, 11) is 0. The lowest BCUT2D eigenvalue weighted by Crippen LogP contribution is -2.40. The van der Waals surface area contributed by atoms with Crippen molar-refractivity contribution in [3.05, 3.63) is 28.8 Å². The average molecular weight is 272 g/mol. The van der Waals surface area contributed by atoms with Crippen LogP contribution in [0.2, 0.25) is 5.02 Å². The molecule has 0 saturated carbocycles. The molecular formula is C12H14ClNO4. The van der Waals surface area contributed by atoms with E-state index < -0.39 is 17.9 Å². The van der Waals surface area contributed by atoms with Crippen molar-refractivity contribution in [3.63, 3.8) is 0 Å². The van der Waals surface area contributed by atoms with E-state index in [1.54, 1.807) is 25.1 Å². The van der Waals surface area contributed by atoms with Gasteiger partial charge in [-0.3, -0.25) is 9.59 Å². The van der Waals surface area contributed by atoms with Gasteiger partial charge in [0.15, 0.2) is 6.61 Å². The third-order valence-corrected chi connectivity index (χ3v) is 2.73. The van der Waals surface area contributed by atoms with Crippen molar-refractivity contribution in [2.75, 3.05) is 6.61 Å². The number of carboxylic acids is 1. The monoisotopic (exact) mass is 271 g/mol. The molecule has 1 aromatic rings. The predicted molar refractivity (Wildman–Crippen MR) is 66.9 cm³/mol. The number of amides is 1. The SMILES string of the molecule is Cc1c(Cl)cccc1OCC(=O)N[C@@H](C)C(=O)O. The highest BCUT2D eigenvalue weighted by molar-refractivity contribution is 6.31. The van der Waals surface area contributed by atoms with E-state index in [1.807, 2.05) is 0 Å². The van der Waals surface area contributed by atoms with Gasteiger partial charge in [0.05, 0.1) is 0 Å². The fraction of sp³-hybridized carbons (Fsp3) is 0.333. The Morgan fingerprint density at radius 2 is 2.17 bits per heavy atom. The van der Waals surface area contributed by atoms with Crippen LogP contribution in [-0.4, -0.2) is 29.6 Å². The zero-order valence-corrected chi connectivity index (χ0v) is 10.8. The van der Waals surface area contributed by atoms with E-state index in [2.05, 4.69) is 5.32 Å². The number of hydrogen-bond acceptors (Lipinski definition) is 3. The number of carbonyl (C=O) groups is 2. The third kappa shape index (κ3) is 3.92. The number of nitrogens with one attached hydrogen (secondary N) is 1. The van der Waals surface area contributed by atoms with Gasteiger partial charge in [0.2, 0.25) is 0 Å². The first-order valence-electron chi connectivity index (χ1n) is 5.32. The van der Waals surface area contributed by atoms with Crippen LogP contribution in [0, 0.1) is 6.92 Å². The zero-order valence-electron chi connectivity index (χ0n) is 10.1. The molecule has 6 heteroatoms. The molecule has 0 spiro atoms. The van der Waals surface area contributed by atoms with Gasteiger partial charge in [-0.1, -0.05) is 17.7 Å². The standard InChI is InChI=1S/C12H14ClNO4/c1-7-9(13)4-3-5-10(7)18-6-11(15)14-8(2)12(16)17/h3-5,8H,6H2,1-2H3,(H,14,15)(H,16,17)/t8-/m0/s1. The molecule has 1 amide bonds. The molecule has 0 saturated heterocycles. The minimum Gasteiger partial charge on any atom is -0.483 e. The summed E-state index contributed by atoms with van der Waals surface area (Å²) in [6.07, 6.45) is 0. The summed E-state index contributed by atoms with van der Waals surface area (Å²) < 4.78 is 5.27. The number of aliphatic carboxylic acids is 1. The Kier molecular flexibility index (Phi) is 4.97. The molecule has 5 nitrogen and oxygen atoms in total. The number of ether oxygens (including phenoxy) is 1. The minimum absolute atomic E-state index is 0.251. The van der Waals surface area contributed by atoms with Crippen LogP contribution in [-0.2, 0) is 9.59 Å². The van der Waals surface area contributed by atoms with Gasteiger partial charge in [-0.15, -0.1) is 0 Å². The lowest BCUT2D eigenvalue weighted by molar-refractivity contribution is -0.141. The Morgan fingerprint density at radius 1 is 1.50 bits per heavy atom. The van der Waals surface area contributed by atoms with Gasteiger partial charge in [-0.05, 0) is 26.0 Å². The molecule has 0 aliphatic rings. The maximum atomic E-state index is 11.4. The van der Waals surface area contributed by atoms with Crippen LogP contribution in [0.15, 0.2) is 18.2 Å². The predicted octanol–water partition coefficient (Wildman–Crippen LogP) is 1.62. The van der Waals surface area contributed by atoms with Crippen molar-refractivity contribution >= 4 is 23.5 Å². The summed E-state index contributed by atoms with van der Waals surface area (Å²) in [6.45, 7) is 2.90.